The topological polar surface area (TPSA) is 67.6 Å². The van der Waals surface area contributed by atoms with E-state index in [1.54, 1.807) is 24.0 Å². The molecule has 1 heterocycles. The molecule has 1 atom stereocenters. The Labute approximate surface area is 117 Å². The quantitative estimate of drug-likeness (QED) is 0.827. The summed E-state index contributed by atoms with van der Waals surface area (Å²) < 4.78 is 5.62. The molecule has 2 rings (SSSR count). The summed E-state index contributed by atoms with van der Waals surface area (Å²) in [5.41, 5.74) is 7.29. The lowest BCUT2D eigenvalue weighted by Crippen LogP contribution is -2.47. The fourth-order valence-electron chi connectivity index (χ4n) is 2.05. The molecule has 1 fully saturated rings. The molecule has 0 aromatic heterocycles. The summed E-state index contributed by atoms with van der Waals surface area (Å²) in [5.74, 6) is 0.0827. The second kappa shape index (κ2) is 6.12. The number of morpholine rings is 1. The second-order valence-electron chi connectivity index (χ2n) is 4.57. The second-order valence-corrected chi connectivity index (χ2v) is 5.01. The van der Waals surface area contributed by atoms with Gasteiger partial charge >= 0.3 is 0 Å². The average Bonchev–Trinajstić information content (AvgIpc) is 2.38. The predicted octanol–water partition coefficient (Wildman–Crippen LogP) is 1.58. The van der Waals surface area contributed by atoms with Crippen molar-refractivity contribution in [3.8, 4) is 0 Å². The summed E-state index contributed by atoms with van der Waals surface area (Å²) in [5, 5.41) is 3.83. The molecule has 0 saturated carbocycles. The molecule has 5 nitrogen and oxygen atoms in total. The molecule has 0 radical (unpaired) electrons. The first-order valence-corrected chi connectivity index (χ1v) is 6.60. The molecule has 1 amide bonds. The van der Waals surface area contributed by atoms with Crippen molar-refractivity contribution in [1.82, 2.24) is 4.90 Å². The summed E-state index contributed by atoms with van der Waals surface area (Å²) in [6.45, 7) is 4.02. The molecule has 1 unspecified atom stereocenters. The van der Waals surface area contributed by atoms with Crippen LogP contribution in [0.25, 0.3) is 0 Å². The molecule has 0 bridgehead atoms. The monoisotopic (exact) mass is 283 g/mol. The van der Waals surface area contributed by atoms with E-state index in [1.165, 1.54) is 0 Å². The molecule has 19 heavy (non-hydrogen) atoms. The van der Waals surface area contributed by atoms with Crippen LogP contribution in [0.1, 0.15) is 6.92 Å². The number of hydrogen-bond acceptors (Lipinski definition) is 4. The van der Waals surface area contributed by atoms with Crippen LogP contribution < -0.4 is 11.1 Å². The molecule has 1 aromatic carbocycles. The number of nitrogens with zero attached hydrogens (tertiary/aromatic N) is 1. The molecular weight excluding hydrogens is 266 g/mol. The largest absolute Gasteiger partial charge is 0.397 e. The van der Waals surface area contributed by atoms with Crippen LogP contribution in [0.15, 0.2) is 18.2 Å². The minimum absolute atomic E-state index is 0.0206. The molecule has 0 aliphatic carbocycles. The standard InChI is InChI=1S/C13H18ClN3O2/c1-9(18)17-4-5-19-11(8-17)7-16-13-3-2-10(14)6-12(13)15/h2-3,6,11,16H,4-5,7-8,15H2,1H3. The molecule has 1 saturated heterocycles. The molecule has 1 aromatic rings. The van der Waals surface area contributed by atoms with Crippen molar-refractivity contribution in [2.45, 2.75) is 13.0 Å². The summed E-state index contributed by atoms with van der Waals surface area (Å²) in [4.78, 5) is 13.1. The Kier molecular flexibility index (Phi) is 4.50. The van der Waals surface area contributed by atoms with E-state index in [1.807, 2.05) is 6.07 Å². The maximum atomic E-state index is 11.3. The SMILES string of the molecule is CC(=O)N1CCOC(CNc2ccc(Cl)cc2N)C1. The maximum Gasteiger partial charge on any atom is 0.219 e. The first-order valence-electron chi connectivity index (χ1n) is 6.22. The highest BCUT2D eigenvalue weighted by atomic mass is 35.5. The number of nitrogens with one attached hydrogen (secondary N) is 1. The van der Waals surface area contributed by atoms with Gasteiger partial charge < -0.3 is 20.7 Å². The number of carbonyl (C=O) groups excluding carboxylic acids is 1. The van der Waals surface area contributed by atoms with Crippen molar-refractivity contribution in [1.29, 1.82) is 0 Å². The van der Waals surface area contributed by atoms with Crippen LogP contribution in [0.2, 0.25) is 5.02 Å². The van der Waals surface area contributed by atoms with Gasteiger partial charge in [0.25, 0.3) is 0 Å². The third-order valence-corrected chi connectivity index (χ3v) is 3.35. The Hall–Kier alpha value is -1.46. The maximum absolute atomic E-state index is 11.3. The van der Waals surface area contributed by atoms with Gasteiger partial charge in [0.1, 0.15) is 0 Å². The smallest absolute Gasteiger partial charge is 0.219 e. The van der Waals surface area contributed by atoms with Gasteiger partial charge in [-0.3, -0.25) is 4.79 Å². The number of benzene rings is 1. The van der Waals surface area contributed by atoms with Crippen molar-refractivity contribution in [2.75, 3.05) is 37.3 Å². The fraction of sp³-hybridized carbons (Fsp3) is 0.462. The lowest BCUT2D eigenvalue weighted by atomic mass is 10.2. The van der Waals surface area contributed by atoms with Crippen molar-refractivity contribution < 1.29 is 9.53 Å². The highest BCUT2D eigenvalue weighted by molar-refractivity contribution is 6.31. The fourth-order valence-corrected chi connectivity index (χ4v) is 2.23. The molecule has 1 aliphatic heterocycles. The molecule has 6 heteroatoms. The van der Waals surface area contributed by atoms with Crippen LogP contribution in [0, 0.1) is 0 Å². The summed E-state index contributed by atoms with van der Waals surface area (Å²) in [6.07, 6.45) is -0.0206. The van der Waals surface area contributed by atoms with Gasteiger partial charge in [-0.05, 0) is 18.2 Å². The van der Waals surface area contributed by atoms with E-state index >= 15 is 0 Å². The average molecular weight is 284 g/mol. The van der Waals surface area contributed by atoms with E-state index < -0.39 is 0 Å². The zero-order chi connectivity index (χ0) is 13.8. The van der Waals surface area contributed by atoms with E-state index in [2.05, 4.69) is 5.32 Å². The number of nitrogens with two attached hydrogens (primary N) is 1. The van der Waals surface area contributed by atoms with Crippen molar-refractivity contribution in [2.24, 2.45) is 0 Å². The van der Waals surface area contributed by atoms with Crippen LogP contribution in [0.5, 0.6) is 0 Å². The van der Waals surface area contributed by atoms with Gasteiger partial charge in [-0.1, -0.05) is 11.6 Å². The normalized spacial score (nSPS) is 19.3. The highest BCUT2D eigenvalue weighted by Crippen LogP contribution is 2.22. The van der Waals surface area contributed by atoms with Crippen LogP contribution in [0.3, 0.4) is 0 Å². The van der Waals surface area contributed by atoms with Gasteiger partial charge in [-0.2, -0.15) is 0 Å². The highest BCUT2D eigenvalue weighted by Gasteiger charge is 2.21. The van der Waals surface area contributed by atoms with Crippen molar-refractivity contribution >= 4 is 28.9 Å². The Bertz CT molecular complexity index is 467. The first-order chi connectivity index (χ1) is 9.06. The number of nitrogen functional groups attached to an aromatic ring is 1. The summed E-state index contributed by atoms with van der Waals surface area (Å²) >= 11 is 5.84. The van der Waals surface area contributed by atoms with Gasteiger partial charge in [0, 0.05) is 31.6 Å². The Balaban J connectivity index is 1.89. The summed E-state index contributed by atoms with van der Waals surface area (Å²) in [7, 11) is 0. The number of halogens is 1. The molecule has 3 N–H and O–H groups in total. The van der Waals surface area contributed by atoms with Crippen molar-refractivity contribution in [3.05, 3.63) is 23.2 Å². The molecule has 1 aliphatic rings. The third-order valence-electron chi connectivity index (χ3n) is 3.12. The first kappa shape index (κ1) is 14.0. The molecule has 104 valence electrons. The van der Waals surface area contributed by atoms with E-state index in [0.717, 1.165) is 5.69 Å². The van der Waals surface area contributed by atoms with Gasteiger partial charge in [-0.25, -0.2) is 0 Å². The number of carbonyl (C=O) groups is 1. The minimum Gasteiger partial charge on any atom is -0.397 e. The Morgan fingerprint density at radius 3 is 3.11 bits per heavy atom. The number of hydrogen-bond donors (Lipinski definition) is 2. The molecule has 0 spiro atoms. The number of amides is 1. The van der Waals surface area contributed by atoms with Crippen molar-refractivity contribution in [3.63, 3.8) is 0 Å². The van der Waals surface area contributed by atoms with E-state index in [9.17, 15) is 4.79 Å². The van der Waals surface area contributed by atoms with Gasteiger partial charge in [0.2, 0.25) is 5.91 Å². The Morgan fingerprint density at radius 1 is 1.63 bits per heavy atom. The third kappa shape index (κ3) is 3.75. The zero-order valence-corrected chi connectivity index (χ0v) is 11.6. The van der Waals surface area contributed by atoms with Crippen LogP contribution in [0.4, 0.5) is 11.4 Å². The van der Waals surface area contributed by atoms with Crippen LogP contribution in [-0.2, 0) is 9.53 Å². The van der Waals surface area contributed by atoms with Gasteiger partial charge in [-0.15, -0.1) is 0 Å². The van der Waals surface area contributed by atoms with E-state index in [-0.39, 0.29) is 12.0 Å². The van der Waals surface area contributed by atoms with Gasteiger partial charge in [0.15, 0.2) is 0 Å². The summed E-state index contributed by atoms with van der Waals surface area (Å²) in [6, 6.07) is 5.32. The Morgan fingerprint density at radius 2 is 2.42 bits per heavy atom. The van der Waals surface area contributed by atoms with Gasteiger partial charge in [0.05, 0.1) is 24.1 Å². The van der Waals surface area contributed by atoms with E-state index in [0.29, 0.717) is 37.0 Å². The van der Waals surface area contributed by atoms with E-state index in [4.69, 9.17) is 22.1 Å². The molecular formula is C13H18ClN3O2. The predicted molar refractivity (Wildman–Crippen MR) is 76.3 cm³/mol. The number of rotatable bonds is 3. The minimum atomic E-state index is -0.0206. The van der Waals surface area contributed by atoms with Crippen LogP contribution >= 0.6 is 11.6 Å². The lowest BCUT2D eigenvalue weighted by molar-refractivity contribution is -0.135. The number of anilines is 2. The zero-order valence-electron chi connectivity index (χ0n) is 10.9. The van der Waals surface area contributed by atoms with Crippen LogP contribution in [-0.4, -0.2) is 43.2 Å². The number of ether oxygens (including phenoxy) is 1. The lowest BCUT2D eigenvalue weighted by Gasteiger charge is -2.32.